The highest BCUT2D eigenvalue weighted by molar-refractivity contribution is 5.90. The zero-order valence-electron chi connectivity index (χ0n) is 9.24. The lowest BCUT2D eigenvalue weighted by atomic mass is 10.2. The van der Waals surface area contributed by atoms with E-state index in [0.717, 1.165) is 5.69 Å². The molecule has 4 heteroatoms. The van der Waals surface area contributed by atoms with Crippen LogP contribution >= 0.6 is 0 Å². The lowest BCUT2D eigenvalue weighted by Gasteiger charge is -2.06. The van der Waals surface area contributed by atoms with Crippen LogP contribution < -0.4 is 0 Å². The Morgan fingerprint density at radius 1 is 1.33 bits per heavy atom. The van der Waals surface area contributed by atoms with Crippen molar-refractivity contribution in [3.63, 3.8) is 0 Å². The molecular formula is C11H15NO3. The summed E-state index contributed by atoms with van der Waals surface area (Å²) in [6.07, 6.45) is 0. The van der Waals surface area contributed by atoms with Crippen LogP contribution in [0.5, 0.6) is 0 Å². The molecule has 1 aromatic heterocycles. The van der Waals surface area contributed by atoms with E-state index in [2.05, 4.69) is 4.98 Å². The first kappa shape index (κ1) is 11.7. The first-order valence-corrected chi connectivity index (χ1v) is 4.75. The summed E-state index contributed by atoms with van der Waals surface area (Å²) < 4.78 is 9.77. The Bertz CT molecular complexity index is 350. The Morgan fingerprint density at radius 3 is 2.67 bits per heavy atom. The van der Waals surface area contributed by atoms with Gasteiger partial charge in [-0.3, -0.25) is 4.98 Å². The molecule has 0 aliphatic heterocycles. The fourth-order valence-corrected chi connectivity index (χ4v) is 1.20. The number of methoxy groups -OCH3 is 1. The van der Waals surface area contributed by atoms with Gasteiger partial charge < -0.3 is 9.47 Å². The molecule has 0 unspecified atom stereocenters. The van der Waals surface area contributed by atoms with E-state index in [-0.39, 0.29) is 12.6 Å². The quantitative estimate of drug-likeness (QED) is 0.557. The second-order valence-corrected chi connectivity index (χ2v) is 3.21. The van der Waals surface area contributed by atoms with Gasteiger partial charge in [-0.1, -0.05) is 0 Å². The molecule has 0 atom stereocenters. The first-order chi connectivity index (χ1) is 7.15. The van der Waals surface area contributed by atoms with Crippen LogP contribution in [0.2, 0.25) is 0 Å². The minimum atomic E-state index is -0.350. The van der Waals surface area contributed by atoms with Gasteiger partial charge in [0, 0.05) is 12.8 Å². The molecule has 0 amide bonds. The van der Waals surface area contributed by atoms with Crippen molar-refractivity contribution in [1.29, 1.82) is 0 Å². The van der Waals surface area contributed by atoms with Crippen molar-refractivity contribution in [2.75, 3.05) is 20.3 Å². The Kier molecular flexibility index (Phi) is 4.24. The Labute approximate surface area is 89.2 Å². The van der Waals surface area contributed by atoms with Gasteiger partial charge in [0.05, 0.1) is 17.9 Å². The smallest absolute Gasteiger partial charge is 0.340 e. The summed E-state index contributed by atoms with van der Waals surface area (Å²) in [6, 6.07) is 3.52. The van der Waals surface area contributed by atoms with Crippen LogP contribution in [0.15, 0.2) is 12.1 Å². The summed E-state index contributed by atoms with van der Waals surface area (Å²) in [7, 11) is 1.56. The van der Waals surface area contributed by atoms with E-state index < -0.39 is 0 Å². The fourth-order valence-electron chi connectivity index (χ4n) is 1.20. The topological polar surface area (TPSA) is 48.4 Å². The largest absolute Gasteiger partial charge is 0.460 e. The molecule has 82 valence electrons. The van der Waals surface area contributed by atoms with Crippen molar-refractivity contribution in [3.05, 3.63) is 29.1 Å². The molecule has 0 saturated heterocycles. The average Bonchev–Trinajstić information content (AvgIpc) is 2.17. The number of ether oxygens (including phenoxy) is 2. The highest BCUT2D eigenvalue weighted by atomic mass is 16.6. The zero-order valence-corrected chi connectivity index (χ0v) is 9.24. The van der Waals surface area contributed by atoms with E-state index in [1.54, 1.807) is 26.2 Å². The van der Waals surface area contributed by atoms with Crippen LogP contribution in [-0.4, -0.2) is 31.3 Å². The normalized spacial score (nSPS) is 10.1. The van der Waals surface area contributed by atoms with E-state index >= 15 is 0 Å². The van der Waals surface area contributed by atoms with Crippen molar-refractivity contribution >= 4 is 5.97 Å². The van der Waals surface area contributed by atoms with Crippen LogP contribution in [-0.2, 0) is 9.47 Å². The molecule has 0 radical (unpaired) electrons. The summed E-state index contributed by atoms with van der Waals surface area (Å²) in [6.45, 7) is 4.35. The van der Waals surface area contributed by atoms with E-state index in [9.17, 15) is 4.79 Å². The molecule has 1 aromatic rings. The summed E-state index contributed by atoms with van der Waals surface area (Å²) in [4.78, 5) is 15.7. The molecule has 0 saturated carbocycles. The van der Waals surface area contributed by atoms with Crippen molar-refractivity contribution in [2.45, 2.75) is 13.8 Å². The molecule has 1 rings (SSSR count). The summed E-state index contributed by atoms with van der Waals surface area (Å²) >= 11 is 0. The first-order valence-electron chi connectivity index (χ1n) is 4.75. The predicted octanol–water partition coefficient (Wildman–Crippen LogP) is 1.50. The number of carbonyl (C=O) groups is 1. The standard InChI is InChI=1S/C11H15NO3/c1-8-4-5-10(9(2)12-8)11(13)15-7-6-14-3/h4-5H,6-7H2,1-3H3. The summed E-state index contributed by atoms with van der Waals surface area (Å²) in [5.74, 6) is -0.350. The number of nitrogens with zero attached hydrogens (tertiary/aromatic N) is 1. The van der Waals surface area contributed by atoms with E-state index in [1.807, 2.05) is 6.92 Å². The molecule has 0 bridgehead atoms. The van der Waals surface area contributed by atoms with Crippen LogP contribution in [0.1, 0.15) is 21.7 Å². The number of hydrogen-bond donors (Lipinski definition) is 0. The molecule has 0 aliphatic carbocycles. The van der Waals surface area contributed by atoms with Gasteiger partial charge in [0.25, 0.3) is 0 Å². The molecule has 0 fully saturated rings. The third kappa shape index (κ3) is 3.32. The maximum absolute atomic E-state index is 11.5. The lowest BCUT2D eigenvalue weighted by molar-refractivity contribution is 0.0387. The fraction of sp³-hybridized carbons (Fsp3) is 0.455. The third-order valence-corrected chi connectivity index (χ3v) is 1.97. The number of aryl methyl sites for hydroxylation is 2. The molecule has 0 N–H and O–H groups in total. The lowest BCUT2D eigenvalue weighted by Crippen LogP contribution is -2.12. The Balaban J connectivity index is 2.65. The molecule has 4 nitrogen and oxygen atoms in total. The van der Waals surface area contributed by atoms with E-state index in [4.69, 9.17) is 9.47 Å². The van der Waals surface area contributed by atoms with Gasteiger partial charge >= 0.3 is 5.97 Å². The number of rotatable bonds is 4. The van der Waals surface area contributed by atoms with Gasteiger partial charge in [-0.2, -0.15) is 0 Å². The predicted molar refractivity (Wildman–Crippen MR) is 55.9 cm³/mol. The second-order valence-electron chi connectivity index (χ2n) is 3.21. The van der Waals surface area contributed by atoms with Gasteiger partial charge in [-0.05, 0) is 26.0 Å². The van der Waals surface area contributed by atoms with Crippen LogP contribution in [0.4, 0.5) is 0 Å². The summed E-state index contributed by atoms with van der Waals surface area (Å²) in [5, 5.41) is 0. The molecule has 0 aliphatic rings. The van der Waals surface area contributed by atoms with Gasteiger partial charge in [-0.15, -0.1) is 0 Å². The van der Waals surface area contributed by atoms with Gasteiger partial charge in [0.2, 0.25) is 0 Å². The molecule has 15 heavy (non-hydrogen) atoms. The number of aromatic nitrogens is 1. The van der Waals surface area contributed by atoms with E-state index in [0.29, 0.717) is 17.9 Å². The monoisotopic (exact) mass is 209 g/mol. The second kappa shape index (κ2) is 5.46. The number of esters is 1. The zero-order chi connectivity index (χ0) is 11.3. The third-order valence-electron chi connectivity index (χ3n) is 1.97. The maximum Gasteiger partial charge on any atom is 0.340 e. The van der Waals surface area contributed by atoms with Crippen LogP contribution in [0, 0.1) is 13.8 Å². The van der Waals surface area contributed by atoms with Crippen molar-refractivity contribution in [2.24, 2.45) is 0 Å². The number of pyridine rings is 1. The van der Waals surface area contributed by atoms with Crippen molar-refractivity contribution in [3.8, 4) is 0 Å². The Hall–Kier alpha value is -1.42. The number of hydrogen-bond acceptors (Lipinski definition) is 4. The molecule has 0 spiro atoms. The van der Waals surface area contributed by atoms with Crippen LogP contribution in [0.25, 0.3) is 0 Å². The maximum atomic E-state index is 11.5. The molecule has 0 aromatic carbocycles. The summed E-state index contributed by atoms with van der Waals surface area (Å²) in [5.41, 5.74) is 2.09. The highest BCUT2D eigenvalue weighted by Crippen LogP contribution is 2.07. The SMILES string of the molecule is COCCOC(=O)c1ccc(C)nc1C. The molecular weight excluding hydrogens is 194 g/mol. The van der Waals surface area contributed by atoms with Gasteiger partial charge in [-0.25, -0.2) is 4.79 Å². The van der Waals surface area contributed by atoms with E-state index in [1.165, 1.54) is 0 Å². The van der Waals surface area contributed by atoms with Crippen LogP contribution in [0.3, 0.4) is 0 Å². The highest BCUT2D eigenvalue weighted by Gasteiger charge is 2.10. The minimum absolute atomic E-state index is 0.267. The van der Waals surface area contributed by atoms with Gasteiger partial charge in [0.15, 0.2) is 0 Å². The van der Waals surface area contributed by atoms with Crippen molar-refractivity contribution < 1.29 is 14.3 Å². The Morgan fingerprint density at radius 2 is 2.07 bits per heavy atom. The van der Waals surface area contributed by atoms with Crippen molar-refractivity contribution in [1.82, 2.24) is 4.98 Å². The average molecular weight is 209 g/mol. The van der Waals surface area contributed by atoms with Gasteiger partial charge in [0.1, 0.15) is 6.61 Å². The minimum Gasteiger partial charge on any atom is -0.460 e. The number of carbonyl (C=O) groups excluding carboxylic acids is 1. The molecule has 1 heterocycles.